The first-order valence-electron chi connectivity index (χ1n) is 8.40. The standard InChI is InChI=1S/C19H23NO3S/c1-14-16(12-20-10-6-3-7-11-20)18(21)17(19(22)23-14)13-24-15-8-4-2-5-9-15/h2,4-5,8-9,21H,3,6-7,10-13H2,1H3. The Bertz CT molecular complexity index is 736. The van der Waals surface area contributed by atoms with Crippen molar-refractivity contribution in [2.24, 2.45) is 0 Å². The van der Waals surface area contributed by atoms with E-state index in [4.69, 9.17) is 4.42 Å². The molecule has 4 nitrogen and oxygen atoms in total. The van der Waals surface area contributed by atoms with Crippen LogP contribution >= 0.6 is 11.8 Å². The zero-order valence-electron chi connectivity index (χ0n) is 14.0. The Morgan fingerprint density at radius 3 is 2.54 bits per heavy atom. The van der Waals surface area contributed by atoms with Gasteiger partial charge in [0.15, 0.2) is 0 Å². The number of thioether (sulfide) groups is 1. The molecule has 2 aromatic rings. The highest BCUT2D eigenvalue weighted by molar-refractivity contribution is 7.98. The summed E-state index contributed by atoms with van der Waals surface area (Å²) < 4.78 is 5.39. The molecule has 1 fully saturated rings. The van der Waals surface area contributed by atoms with Crippen LogP contribution in [0.1, 0.15) is 36.1 Å². The van der Waals surface area contributed by atoms with Gasteiger partial charge < -0.3 is 9.52 Å². The highest BCUT2D eigenvalue weighted by atomic mass is 32.2. The molecule has 1 saturated heterocycles. The lowest BCUT2D eigenvalue weighted by molar-refractivity contribution is 0.215. The molecule has 3 rings (SSSR count). The second-order valence-electron chi connectivity index (χ2n) is 6.19. The van der Waals surface area contributed by atoms with Gasteiger partial charge in [-0.15, -0.1) is 11.8 Å². The number of benzene rings is 1. The molecule has 1 aromatic heterocycles. The van der Waals surface area contributed by atoms with Crippen LogP contribution in [0.5, 0.6) is 5.75 Å². The Kier molecular flexibility index (Phi) is 5.63. The molecule has 0 radical (unpaired) electrons. The van der Waals surface area contributed by atoms with Gasteiger partial charge in [0.1, 0.15) is 11.5 Å². The minimum atomic E-state index is -0.434. The van der Waals surface area contributed by atoms with Crippen molar-refractivity contribution >= 4 is 11.8 Å². The van der Waals surface area contributed by atoms with E-state index in [0.717, 1.165) is 23.5 Å². The Balaban J connectivity index is 1.80. The molecular weight excluding hydrogens is 322 g/mol. The zero-order chi connectivity index (χ0) is 16.9. The molecule has 0 atom stereocenters. The largest absolute Gasteiger partial charge is 0.507 e. The van der Waals surface area contributed by atoms with Crippen LogP contribution in [0, 0.1) is 6.92 Å². The fourth-order valence-electron chi connectivity index (χ4n) is 3.03. The number of hydrogen-bond acceptors (Lipinski definition) is 5. The van der Waals surface area contributed by atoms with Crippen molar-refractivity contribution in [3.63, 3.8) is 0 Å². The number of aromatic hydroxyl groups is 1. The summed E-state index contributed by atoms with van der Waals surface area (Å²) in [5.41, 5.74) is 0.678. The van der Waals surface area contributed by atoms with Crippen LogP contribution in [0.2, 0.25) is 0 Å². The molecule has 1 aromatic carbocycles. The monoisotopic (exact) mass is 345 g/mol. The van der Waals surface area contributed by atoms with Crippen LogP contribution in [0.3, 0.4) is 0 Å². The Morgan fingerprint density at radius 2 is 1.83 bits per heavy atom. The van der Waals surface area contributed by atoms with E-state index >= 15 is 0 Å². The van der Waals surface area contributed by atoms with Gasteiger partial charge in [-0.3, -0.25) is 4.90 Å². The zero-order valence-corrected chi connectivity index (χ0v) is 14.8. The fourth-order valence-corrected chi connectivity index (χ4v) is 3.95. The summed E-state index contributed by atoms with van der Waals surface area (Å²) in [5.74, 6) is 1.04. The molecule has 5 heteroatoms. The maximum atomic E-state index is 12.2. The quantitative estimate of drug-likeness (QED) is 0.832. The summed E-state index contributed by atoms with van der Waals surface area (Å²) in [6.07, 6.45) is 3.64. The van der Waals surface area contributed by atoms with E-state index in [1.165, 1.54) is 31.0 Å². The molecule has 0 bridgehead atoms. The van der Waals surface area contributed by atoms with Crippen molar-refractivity contribution in [1.29, 1.82) is 0 Å². The Morgan fingerprint density at radius 1 is 1.12 bits per heavy atom. The molecule has 24 heavy (non-hydrogen) atoms. The van der Waals surface area contributed by atoms with Gasteiger partial charge in [-0.1, -0.05) is 24.6 Å². The van der Waals surface area contributed by atoms with E-state index in [0.29, 0.717) is 23.6 Å². The second kappa shape index (κ2) is 7.90. The fraction of sp³-hybridized carbons (Fsp3) is 0.421. The minimum Gasteiger partial charge on any atom is -0.507 e. The minimum absolute atomic E-state index is 0.109. The van der Waals surface area contributed by atoms with Crippen molar-refractivity contribution in [3.8, 4) is 5.75 Å². The Hall–Kier alpha value is -1.72. The summed E-state index contributed by atoms with van der Waals surface area (Å²) >= 11 is 1.53. The average molecular weight is 345 g/mol. The second-order valence-corrected chi connectivity index (χ2v) is 7.24. The third kappa shape index (κ3) is 4.02. The summed E-state index contributed by atoms with van der Waals surface area (Å²) in [5, 5.41) is 10.7. The predicted molar refractivity (Wildman–Crippen MR) is 96.5 cm³/mol. The first-order valence-corrected chi connectivity index (χ1v) is 9.38. The molecule has 1 aliphatic heterocycles. The number of likely N-dealkylation sites (tertiary alicyclic amines) is 1. The molecule has 0 spiro atoms. The highest BCUT2D eigenvalue weighted by Gasteiger charge is 2.20. The molecular formula is C19H23NO3S. The predicted octanol–water partition coefficient (Wildman–Crippen LogP) is 3.93. The number of rotatable bonds is 5. The summed E-state index contributed by atoms with van der Waals surface area (Å²) in [6.45, 7) is 4.47. The smallest absolute Gasteiger partial charge is 0.343 e. The third-order valence-electron chi connectivity index (χ3n) is 4.45. The van der Waals surface area contributed by atoms with Crippen molar-refractivity contribution in [2.45, 2.75) is 43.4 Å². The molecule has 128 valence electrons. The lowest BCUT2D eigenvalue weighted by Crippen LogP contribution is -2.29. The van der Waals surface area contributed by atoms with E-state index in [1.54, 1.807) is 6.92 Å². The van der Waals surface area contributed by atoms with Crippen LogP contribution in [0.15, 0.2) is 44.4 Å². The van der Waals surface area contributed by atoms with Crippen LogP contribution in [-0.2, 0) is 12.3 Å². The van der Waals surface area contributed by atoms with E-state index in [1.807, 2.05) is 30.3 Å². The van der Waals surface area contributed by atoms with Gasteiger partial charge in [0, 0.05) is 22.8 Å². The maximum absolute atomic E-state index is 12.2. The normalized spacial score (nSPS) is 15.5. The number of nitrogens with zero attached hydrogens (tertiary/aromatic N) is 1. The van der Waals surface area contributed by atoms with Crippen molar-refractivity contribution in [2.75, 3.05) is 13.1 Å². The van der Waals surface area contributed by atoms with Crippen LogP contribution in [0.25, 0.3) is 0 Å². The van der Waals surface area contributed by atoms with Crippen LogP contribution in [-0.4, -0.2) is 23.1 Å². The number of aryl methyl sites for hydroxylation is 1. The molecule has 0 unspecified atom stereocenters. The topological polar surface area (TPSA) is 53.7 Å². The van der Waals surface area contributed by atoms with E-state index in [-0.39, 0.29) is 5.75 Å². The van der Waals surface area contributed by atoms with Gasteiger partial charge >= 0.3 is 5.63 Å². The maximum Gasteiger partial charge on any atom is 0.343 e. The van der Waals surface area contributed by atoms with E-state index in [2.05, 4.69) is 4.90 Å². The summed E-state index contributed by atoms with van der Waals surface area (Å²) in [7, 11) is 0. The highest BCUT2D eigenvalue weighted by Crippen LogP contribution is 2.30. The number of hydrogen-bond donors (Lipinski definition) is 1. The van der Waals surface area contributed by atoms with Gasteiger partial charge in [0.05, 0.1) is 5.56 Å². The van der Waals surface area contributed by atoms with Crippen LogP contribution < -0.4 is 5.63 Å². The van der Waals surface area contributed by atoms with Gasteiger partial charge in [-0.25, -0.2) is 4.79 Å². The molecule has 0 amide bonds. The Labute approximate surface area is 146 Å². The molecule has 1 N–H and O–H groups in total. The van der Waals surface area contributed by atoms with Gasteiger partial charge in [-0.05, 0) is 45.0 Å². The lowest BCUT2D eigenvalue weighted by Gasteiger charge is -2.27. The number of piperidine rings is 1. The van der Waals surface area contributed by atoms with Gasteiger partial charge in [0.2, 0.25) is 0 Å². The van der Waals surface area contributed by atoms with Crippen LogP contribution in [0.4, 0.5) is 0 Å². The lowest BCUT2D eigenvalue weighted by atomic mass is 10.1. The van der Waals surface area contributed by atoms with Crippen molar-refractivity contribution < 1.29 is 9.52 Å². The SMILES string of the molecule is Cc1oc(=O)c(CSc2ccccc2)c(O)c1CN1CCCCC1. The van der Waals surface area contributed by atoms with Gasteiger partial charge in [-0.2, -0.15) is 0 Å². The first-order chi connectivity index (χ1) is 11.6. The molecule has 0 aliphatic carbocycles. The third-order valence-corrected chi connectivity index (χ3v) is 5.48. The molecule has 0 saturated carbocycles. The first kappa shape index (κ1) is 17.1. The molecule has 1 aliphatic rings. The molecule has 2 heterocycles. The van der Waals surface area contributed by atoms with Crippen molar-refractivity contribution in [3.05, 3.63) is 57.6 Å². The summed E-state index contributed by atoms with van der Waals surface area (Å²) in [6, 6.07) is 9.86. The van der Waals surface area contributed by atoms with Gasteiger partial charge in [0.25, 0.3) is 0 Å². The summed E-state index contributed by atoms with van der Waals surface area (Å²) in [4.78, 5) is 15.6. The average Bonchev–Trinajstić information content (AvgIpc) is 2.60. The van der Waals surface area contributed by atoms with Crippen molar-refractivity contribution in [1.82, 2.24) is 4.90 Å². The van der Waals surface area contributed by atoms with E-state index in [9.17, 15) is 9.90 Å². The van der Waals surface area contributed by atoms with E-state index < -0.39 is 5.63 Å².